The summed E-state index contributed by atoms with van der Waals surface area (Å²) >= 11 is 0. The van der Waals surface area contributed by atoms with Crippen molar-refractivity contribution in [2.75, 3.05) is 18.7 Å². The minimum absolute atomic E-state index is 0.0183. The van der Waals surface area contributed by atoms with Crippen LogP contribution in [-0.2, 0) is 19.6 Å². The highest BCUT2D eigenvalue weighted by atomic mass is 32.2. The first-order valence-corrected chi connectivity index (χ1v) is 10.4. The molecule has 11 heteroatoms. The van der Waals surface area contributed by atoms with Gasteiger partial charge < -0.3 is 9.64 Å². The number of primary sulfonamides is 1. The molecule has 0 radical (unpaired) electrons. The van der Waals surface area contributed by atoms with Crippen LogP contribution in [0.3, 0.4) is 0 Å². The van der Waals surface area contributed by atoms with Crippen LogP contribution in [0.4, 0.5) is 11.4 Å². The second-order valence-corrected chi connectivity index (χ2v) is 8.08. The van der Waals surface area contributed by atoms with Crippen LogP contribution in [0.15, 0.2) is 58.1 Å². The van der Waals surface area contributed by atoms with E-state index in [1.807, 2.05) is 6.07 Å². The fourth-order valence-electron chi connectivity index (χ4n) is 2.87. The molecule has 0 atom stereocenters. The number of sulfonamides is 1. The number of pyridine rings is 1. The van der Waals surface area contributed by atoms with Crippen molar-refractivity contribution in [2.45, 2.75) is 11.8 Å². The Morgan fingerprint density at radius 2 is 1.97 bits per heavy atom. The van der Waals surface area contributed by atoms with Gasteiger partial charge in [0.1, 0.15) is 11.8 Å². The number of nitriles is 1. The van der Waals surface area contributed by atoms with Gasteiger partial charge in [-0.05, 0) is 30.3 Å². The van der Waals surface area contributed by atoms with Crippen LogP contribution in [0, 0.1) is 11.3 Å². The zero-order valence-electron chi connectivity index (χ0n) is 16.6. The molecule has 1 aliphatic rings. The van der Waals surface area contributed by atoms with Gasteiger partial charge in [0.25, 0.3) is 0 Å². The first-order chi connectivity index (χ1) is 14.6. The molecule has 10 nitrogen and oxygen atoms in total. The molecule has 0 aliphatic heterocycles. The summed E-state index contributed by atoms with van der Waals surface area (Å²) in [7, 11) is -2.48. The molecule has 0 bridgehead atoms. The Morgan fingerprint density at radius 3 is 2.55 bits per heavy atom. The van der Waals surface area contributed by atoms with Gasteiger partial charge in [0.05, 0.1) is 27.4 Å². The molecular weight excluding hydrogens is 422 g/mol. The minimum atomic E-state index is -4.21. The van der Waals surface area contributed by atoms with E-state index in [1.54, 1.807) is 36.2 Å². The summed E-state index contributed by atoms with van der Waals surface area (Å²) in [5.41, 5.74) is 0.742. The maximum absolute atomic E-state index is 12.3. The Labute approximate surface area is 178 Å². The first-order valence-electron chi connectivity index (χ1n) is 8.83. The third kappa shape index (κ3) is 4.66. The quantitative estimate of drug-likeness (QED) is 0.542. The molecule has 0 amide bonds. The average Bonchev–Trinajstić information content (AvgIpc) is 2.73. The van der Waals surface area contributed by atoms with Crippen molar-refractivity contribution < 1.29 is 22.7 Å². The normalized spacial score (nSPS) is 14.5. The Balaban J connectivity index is 2.08. The van der Waals surface area contributed by atoms with Gasteiger partial charge >= 0.3 is 5.97 Å². The molecule has 158 valence electrons. The summed E-state index contributed by atoms with van der Waals surface area (Å²) in [5, 5.41) is 14.8. The van der Waals surface area contributed by atoms with Gasteiger partial charge in [-0.2, -0.15) is 5.26 Å². The van der Waals surface area contributed by atoms with E-state index < -0.39 is 21.8 Å². The van der Waals surface area contributed by atoms with E-state index in [-0.39, 0.29) is 34.2 Å². The summed E-state index contributed by atoms with van der Waals surface area (Å²) in [5.74, 6) is -1.02. The van der Waals surface area contributed by atoms with Crippen molar-refractivity contribution in [2.24, 2.45) is 10.1 Å². The fraction of sp³-hybridized carbons (Fsp3) is 0.150. The largest absolute Gasteiger partial charge is 0.444 e. The maximum atomic E-state index is 12.3. The number of nitrogens with two attached hydrogens (primary N) is 1. The SMILES string of the molecule is CC(=O)OCN(C)c1ccc(N=C2C(C#N)=CC(=O)c3nccc(S(N)(=O)=O)c32)cc1. The minimum Gasteiger partial charge on any atom is -0.444 e. The number of esters is 1. The van der Waals surface area contributed by atoms with Crippen molar-refractivity contribution in [3.05, 3.63) is 59.4 Å². The number of rotatable bonds is 5. The summed E-state index contributed by atoms with van der Waals surface area (Å²) in [6.45, 7) is 1.37. The van der Waals surface area contributed by atoms with Crippen molar-refractivity contribution in [1.82, 2.24) is 4.98 Å². The topological polar surface area (TPSA) is 156 Å². The van der Waals surface area contributed by atoms with Gasteiger partial charge in [0, 0.05) is 31.9 Å². The van der Waals surface area contributed by atoms with Gasteiger partial charge in [-0.15, -0.1) is 0 Å². The van der Waals surface area contributed by atoms with E-state index in [1.165, 1.54) is 6.92 Å². The molecule has 31 heavy (non-hydrogen) atoms. The van der Waals surface area contributed by atoms with Gasteiger partial charge in [-0.1, -0.05) is 0 Å². The molecule has 3 rings (SSSR count). The molecular formula is C20H17N5O5S. The highest BCUT2D eigenvalue weighted by molar-refractivity contribution is 7.89. The van der Waals surface area contributed by atoms with E-state index >= 15 is 0 Å². The maximum Gasteiger partial charge on any atom is 0.304 e. The second kappa shape index (κ2) is 8.47. The monoisotopic (exact) mass is 439 g/mol. The molecule has 0 saturated carbocycles. The second-order valence-electron chi connectivity index (χ2n) is 6.55. The number of carbonyl (C=O) groups excluding carboxylic acids is 2. The van der Waals surface area contributed by atoms with E-state index in [2.05, 4.69) is 9.98 Å². The molecule has 1 aromatic heterocycles. The van der Waals surface area contributed by atoms with Crippen molar-refractivity contribution in [1.29, 1.82) is 5.26 Å². The lowest BCUT2D eigenvalue weighted by Crippen LogP contribution is -2.25. The number of carbonyl (C=O) groups is 2. The average molecular weight is 439 g/mol. The number of fused-ring (bicyclic) bond motifs is 1. The third-order valence-electron chi connectivity index (χ3n) is 4.33. The molecule has 1 aromatic carbocycles. The first kappa shape index (κ1) is 21.8. The number of aromatic nitrogens is 1. The van der Waals surface area contributed by atoms with E-state index in [4.69, 9.17) is 9.88 Å². The Kier molecular flexibility index (Phi) is 5.96. The third-order valence-corrected chi connectivity index (χ3v) is 5.29. The Hall–Kier alpha value is -3.88. The highest BCUT2D eigenvalue weighted by Gasteiger charge is 2.31. The number of ketones is 1. The van der Waals surface area contributed by atoms with Gasteiger partial charge in [-0.25, -0.2) is 18.5 Å². The molecule has 0 saturated heterocycles. The van der Waals surface area contributed by atoms with Crippen LogP contribution >= 0.6 is 0 Å². The molecule has 2 aromatic rings. The van der Waals surface area contributed by atoms with Crippen LogP contribution in [0.1, 0.15) is 23.0 Å². The summed E-state index contributed by atoms with van der Waals surface area (Å²) in [4.78, 5) is 33.0. The van der Waals surface area contributed by atoms with Gasteiger partial charge in [0.15, 0.2) is 6.73 Å². The predicted octanol–water partition coefficient (Wildman–Crippen LogP) is 1.45. The van der Waals surface area contributed by atoms with E-state index in [9.17, 15) is 23.3 Å². The molecule has 0 fully saturated rings. The van der Waals surface area contributed by atoms with Crippen LogP contribution in [0.25, 0.3) is 0 Å². The number of hydrogen-bond donors (Lipinski definition) is 1. The number of benzene rings is 1. The summed E-state index contributed by atoms with van der Waals surface area (Å²) < 4.78 is 29.1. The summed E-state index contributed by atoms with van der Waals surface area (Å²) in [6, 6.07) is 9.70. The smallest absolute Gasteiger partial charge is 0.304 e. The number of anilines is 1. The van der Waals surface area contributed by atoms with Gasteiger partial charge in [-0.3, -0.25) is 14.6 Å². The molecule has 0 spiro atoms. The van der Waals surface area contributed by atoms with Crippen molar-refractivity contribution >= 4 is 38.9 Å². The number of hydrogen-bond acceptors (Lipinski definition) is 9. The standard InChI is InChI=1S/C20H17N5O5S/c1-12(26)30-11-25(2)15-5-3-14(4-6-15)24-19-13(10-21)9-16(27)20-18(19)17(7-8-23-20)31(22,28)29/h3-9H,11H2,1-2H3,(H2,22,28,29). The molecule has 2 N–H and O–H groups in total. The van der Waals surface area contributed by atoms with E-state index in [0.717, 1.165) is 24.0 Å². The lowest BCUT2D eigenvalue weighted by molar-refractivity contribution is -0.140. The van der Waals surface area contributed by atoms with E-state index in [0.29, 0.717) is 5.69 Å². The van der Waals surface area contributed by atoms with Gasteiger partial charge in [0.2, 0.25) is 15.8 Å². The number of ether oxygens (including phenoxy) is 1. The van der Waals surface area contributed by atoms with Crippen LogP contribution in [0.5, 0.6) is 0 Å². The Morgan fingerprint density at radius 1 is 1.29 bits per heavy atom. The molecule has 1 aliphatic carbocycles. The Bertz CT molecular complexity index is 1270. The highest BCUT2D eigenvalue weighted by Crippen LogP contribution is 2.29. The number of nitrogens with zero attached hydrogens (tertiary/aromatic N) is 4. The number of allylic oxidation sites excluding steroid dienone is 2. The lowest BCUT2D eigenvalue weighted by atomic mass is 9.92. The van der Waals surface area contributed by atoms with Crippen molar-refractivity contribution in [3.8, 4) is 6.07 Å². The fourth-order valence-corrected chi connectivity index (χ4v) is 3.60. The van der Waals surface area contributed by atoms with Crippen LogP contribution in [-0.4, -0.2) is 44.6 Å². The predicted molar refractivity (Wildman–Crippen MR) is 111 cm³/mol. The van der Waals surface area contributed by atoms with Crippen LogP contribution in [0.2, 0.25) is 0 Å². The molecule has 1 heterocycles. The zero-order valence-corrected chi connectivity index (χ0v) is 17.4. The van der Waals surface area contributed by atoms with Crippen molar-refractivity contribution in [3.63, 3.8) is 0 Å². The summed E-state index contributed by atoms with van der Waals surface area (Å²) in [6.07, 6.45) is 2.22. The number of aliphatic imine (C=N–C) groups is 1. The zero-order chi connectivity index (χ0) is 22.8. The van der Waals surface area contributed by atoms with Crippen LogP contribution < -0.4 is 10.0 Å². The lowest BCUT2D eigenvalue weighted by Gasteiger charge is -2.19. The molecule has 0 unspecified atom stereocenters.